The molecule has 20 heavy (non-hydrogen) atoms. The Kier molecular flexibility index (Phi) is 3.88. The number of para-hydroxylation sites is 1. The zero-order valence-electron chi connectivity index (χ0n) is 10.7. The molecule has 1 aromatic rings. The molecule has 6 heteroatoms. The first-order chi connectivity index (χ1) is 9.63. The summed E-state index contributed by atoms with van der Waals surface area (Å²) in [4.78, 5) is 0. The van der Waals surface area contributed by atoms with Crippen LogP contribution in [-0.4, -0.2) is 7.11 Å². The first-order valence-corrected chi connectivity index (χ1v) is 6.21. The fourth-order valence-electron chi connectivity index (χ4n) is 2.16. The van der Waals surface area contributed by atoms with E-state index in [-0.39, 0.29) is 11.4 Å². The van der Waals surface area contributed by atoms with Gasteiger partial charge in [0.1, 0.15) is 11.6 Å². The second-order valence-corrected chi connectivity index (χ2v) is 4.56. The number of nitrogens with zero attached hydrogens (tertiary/aromatic N) is 2. The van der Waals surface area contributed by atoms with Crippen LogP contribution in [0.5, 0.6) is 5.75 Å². The Morgan fingerprint density at radius 3 is 2.50 bits per heavy atom. The highest BCUT2D eigenvalue weighted by Crippen LogP contribution is 2.40. The van der Waals surface area contributed by atoms with E-state index >= 15 is 0 Å². The standard InChI is InChI=1S/C14H12N4OS/c1-19-11-5-3-2-4-8(11)12-9(6-15)13(17)18-14(20)10(12)7-16/h2-5,12,18,20H,17H2,1H3/t12-/m1/s1. The minimum absolute atomic E-state index is 0.201. The van der Waals surface area contributed by atoms with Crippen molar-refractivity contribution in [1.82, 2.24) is 5.32 Å². The molecule has 100 valence electrons. The monoisotopic (exact) mass is 284 g/mol. The van der Waals surface area contributed by atoms with E-state index in [0.717, 1.165) is 0 Å². The van der Waals surface area contributed by atoms with Crippen molar-refractivity contribution in [2.45, 2.75) is 5.92 Å². The van der Waals surface area contributed by atoms with Crippen LogP contribution in [0, 0.1) is 22.7 Å². The predicted octanol–water partition coefficient (Wildman–Crippen LogP) is 1.74. The van der Waals surface area contributed by atoms with Gasteiger partial charge in [-0.05, 0) is 6.07 Å². The van der Waals surface area contributed by atoms with Crippen molar-refractivity contribution in [3.05, 3.63) is 51.8 Å². The van der Waals surface area contributed by atoms with Crippen LogP contribution in [0.2, 0.25) is 0 Å². The average Bonchev–Trinajstić information content (AvgIpc) is 2.46. The van der Waals surface area contributed by atoms with Crippen LogP contribution >= 0.6 is 12.6 Å². The van der Waals surface area contributed by atoms with Gasteiger partial charge in [-0.1, -0.05) is 18.2 Å². The summed E-state index contributed by atoms with van der Waals surface area (Å²) in [7, 11) is 1.54. The molecule has 0 spiro atoms. The van der Waals surface area contributed by atoms with Crippen LogP contribution in [-0.2, 0) is 0 Å². The second-order valence-electron chi connectivity index (χ2n) is 4.11. The second kappa shape index (κ2) is 5.60. The zero-order chi connectivity index (χ0) is 14.7. The number of allylic oxidation sites excluding steroid dienone is 2. The van der Waals surface area contributed by atoms with Gasteiger partial charge in [-0.2, -0.15) is 10.5 Å². The lowest BCUT2D eigenvalue weighted by Crippen LogP contribution is -2.28. The summed E-state index contributed by atoms with van der Waals surface area (Å²) in [5.74, 6) is 0.219. The molecule has 0 aliphatic carbocycles. The topological polar surface area (TPSA) is 94.9 Å². The Morgan fingerprint density at radius 1 is 1.25 bits per heavy atom. The SMILES string of the molecule is COc1ccccc1[C@@H]1C(C#N)=C(N)NC(S)=C1C#N. The fraction of sp³-hybridized carbons (Fsp3) is 0.143. The number of methoxy groups -OCH3 is 1. The molecule has 0 amide bonds. The molecule has 2 rings (SSSR count). The third-order valence-electron chi connectivity index (χ3n) is 3.07. The van der Waals surface area contributed by atoms with Gasteiger partial charge in [0, 0.05) is 5.56 Å². The number of thiol groups is 1. The number of nitrogens with two attached hydrogens (primary N) is 1. The number of nitriles is 2. The van der Waals surface area contributed by atoms with E-state index in [1.807, 2.05) is 12.1 Å². The van der Waals surface area contributed by atoms with Gasteiger partial charge in [0.15, 0.2) is 0 Å². The third kappa shape index (κ3) is 2.18. The highest BCUT2D eigenvalue weighted by molar-refractivity contribution is 7.84. The Hall–Kier alpha value is -2.57. The molecule has 1 heterocycles. The number of nitrogens with one attached hydrogen (secondary N) is 1. The molecule has 3 N–H and O–H groups in total. The van der Waals surface area contributed by atoms with E-state index in [1.165, 1.54) is 7.11 Å². The molecule has 0 radical (unpaired) electrons. The number of ether oxygens (including phenoxy) is 1. The molecule has 5 nitrogen and oxygen atoms in total. The fourth-order valence-corrected chi connectivity index (χ4v) is 2.46. The van der Waals surface area contributed by atoms with Crippen molar-refractivity contribution < 1.29 is 4.74 Å². The van der Waals surface area contributed by atoms with E-state index in [0.29, 0.717) is 21.9 Å². The molecule has 0 bridgehead atoms. The first kappa shape index (κ1) is 13.9. The number of hydrogen-bond donors (Lipinski definition) is 3. The maximum Gasteiger partial charge on any atom is 0.123 e. The Morgan fingerprint density at radius 2 is 1.90 bits per heavy atom. The number of rotatable bonds is 2. The van der Waals surface area contributed by atoms with Gasteiger partial charge in [0.25, 0.3) is 0 Å². The average molecular weight is 284 g/mol. The van der Waals surface area contributed by atoms with Gasteiger partial charge in [-0.25, -0.2) is 0 Å². The van der Waals surface area contributed by atoms with Crippen molar-refractivity contribution in [3.8, 4) is 17.9 Å². The number of hydrogen-bond acceptors (Lipinski definition) is 6. The van der Waals surface area contributed by atoms with Gasteiger partial charge >= 0.3 is 0 Å². The lowest BCUT2D eigenvalue weighted by atomic mass is 9.83. The van der Waals surface area contributed by atoms with Gasteiger partial charge in [0.05, 0.1) is 41.3 Å². The zero-order valence-corrected chi connectivity index (χ0v) is 11.6. The molecule has 0 saturated carbocycles. The number of dihydropyridines is 1. The van der Waals surface area contributed by atoms with E-state index in [4.69, 9.17) is 10.5 Å². The molecule has 0 fully saturated rings. The predicted molar refractivity (Wildman–Crippen MR) is 77.3 cm³/mol. The Balaban J connectivity index is 2.69. The largest absolute Gasteiger partial charge is 0.496 e. The van der Waals surface area contributed by atoms with E-state index in [1.54, 1.807) is 12.1 Å². The number of benzene rings is 1. The lowest BCUT2D eigenvalue weighted by molar-refractivity contribution is 0.409. The van der Waals surface area contributed by atoms with Crippen molar-refractivity contribution in [3.63, 3.8) is 0 Å². The van der Waals surface area contributed by atoms with Gasteiger partial charge < -0.3 is 15.8 Å². The highest BCUT2D eigenvalue weighted by Gasteiger charge is 2.32. The minimum Gasteiger partial charge on any atom is -0.496 e. The van der Waals surface area contributed by atoms with Gasteiger partial charge in [0.2, 0.25) is 0 Å². The molecule has 1 aromatic carbocycles. The van der Waals surface area contributed by atoms with E-state index in [2.05, 4.69) is 30.1 Å². The molecule has 1 aliphatic rings. The molecule has 1 aliphatic heterocycles. The Labute approximate surface area is 122 Å². The van der Waals surface area contributed by atoms with E-state index < -0.39 is 5.92 Å². The molecular weight excluding hydrogens is 272 g/mol. The van der Waals surface area contributed by atoms with E-state index in [9.17, 15) is 10.5 Å². The van der Waals surface area contributed by atoms with Crippen LogP contribution in [0.15, 0.2) is 46.3 Å². The molecule has 0 unspecified atom stereocenters. The summed E-state index contributed by atoms with van der Waals surface area (Å²) in [6.45, 7) is 0. The minimum atomic E-state index is -0.574. The summed E-state index contributed by atoms with van der Waals surface area (Å²) in [5.41, 5.74) is 7.15. The first-order valence-electron chi connectivity index (χ1n) is 5.77. The maximum atomic E-state index is 9.35. The van der Waals surface area contributed by atoms with Crippen molar-refractivity contribution in [1.29, 1.82) is 10.5 Å². The van der Waals surface area contributed by atoms with Crippen molar-refractivity contribution >= 4 is 12.6 Å². The quantitative estimate of drug-likeness (QED) is 0.719. The van der Waals surface area contributed by atoms with Crippen LogP contribution in [0.1, 0.15) is 11.5 Å². The summed E-state index contributed by atoms with van der Waals surface area (Å²) < 4.78 is 5.30. The summed E-state index contributed by atoms with van der Waals surface area (Å²) in [6.07, 6.45) is 0. The Bertz CT molecular complexity index is 658. The normalized spacial score (nSPS) is 18.1. The van der Waals surface area contributed by atoms with Crippen LogP contribution in [0.4, 0.5) is 0 Å². The summed E-state index contributed by atoms with van der Waals surface area (Å²) in [5, 5.41) is 21.8. The summed E-state index contributed by atoms with van der Waals surface area (Å²) in [6, 6.07) is 11.4. The third-order valence-corrected chi connectivity index (χ3v) is 3.42. The highest BCUT2D eigenvalue weighted by atomic mass is 32.1. The van der Waals surface area contributed by atoms with Gasteiger partial charge in [-0.3, -0.25) is 0 Å². The van der Waals surface area contributed by atoms with Crippen molar-refractivity contribution in [2.24, 2.45) is 5.73 Å². The molecule has 0 aromatic heterocycles. The van der Waals surface area contributed by atoms with Crippen LogP contribution in [0.25, 0.3) is 0 Å². The van der Waals surface area contributed by atoms with Crippen LogP contribution < -0.4 is 15.8 Å². The molecular formula is C14H12N4OS. The smallest absolute Gasteiger partial charge is 0.123 e. The molecule has 1 atom stereocenters. The van der Waals surface area contributed by atoms with Crippen molar-refractivity contribution in [2.75, 3.05) is 7.11 Å². The summed E-state index contributed by atoms with van der Waals surface area (Å²) >= 11 is 4.23. The van der Waals surface area contributed by atoms with Crippen LogP contribution in [0.3, 0.4) is 0 Å². The maximum absolute atomic E-state index is 9.35. The lowest BCUT2D eigenvalue weighted by Gasteiger charge is -2.26. The molecule has 0 saturated heterocycles. The van der Waals surface area contributed by atoms with Gasteiger partial charge in [-0.15, -0.1) is 12.6 Å².